The Morgan fingerprint density at radius 3 is 2.47 bits per heavy atom. The van der Waals surface area contributed by atoms with E-state index in [1.54, 1.807) is 32.2 Å². The lowest BCUT2D eigenvalue weighted by atomic mass is 9.98. The molecule has 158 valence electrons. The standard InChI is InChI=1S/C20H19F3N4O3/c1-10-4-5-16(24-9-10)13-6-14(17(28)20(21,22)23)8-15(7-13)18(29)25-11(2)19-27-26-12(3)30-19/h4-9,11,17,28H,1-3H3,(H,25,29)/t11-,17?/m1/s1. The van der Waals surface area contributed by atoms with Gasteiger partial charge in [-0.15, -0.1) is 10.2 Å². The van der Waals surface area contributed by atoms with Gasteiger partial charge >= 0.3 is 6.18 Å². The largest absolute Gasteiger partial charge is 0.423 e. The fraction of sp³-hybridized carbons (Fsp3) is 0.300. The number of aliphatic hydroxyl groups is 1. The average Bonchev–Trinajstić information content (AvgIpc) is 3.13. The Labute approximate surface area is 170 Å². The van der Waals surface area contributed by atoms with Crippen molar-refractivity contribution in [3.8, 4) is 11.3 Å². The van der Waals surface area contributed by atoms with Crippen molar-refractivity contribution in [3.05, 3.63) is 65.0 Å². The number of aryl methyl sites for hydroxylation is 2. The molecule has 30 heavy (non-hydrogen) atoms. The summed E-state index contributed by atoms with van der Waals surface area (Å²) in [5, 5.41) is 19.8. The minimum atomic E-state index is -4.89. The van der Waals surface area contributed by atoms with Crippen molar-refractivity contribution in [2.24, 2.45) is 0 Å². The third-order valence-corrected chi connectivity index (χ3v) is 4.31. The summed E-state index contributed by atoms with van der Waals surface area (Å²) in [5.74, 6) is -0.190. The number of halogens is 3. The van der Waals surface area contributed by atoms with Gasteiger partial charge in [-0.2, -0.15) is 13.2 Å². The van der Waals surface area contributed by atoms with Crippen LogP contribution in [0.4, 0.5) is 13.2 Å². The van der Waals surface area contributed by atoms with Gasteiger partial charge in [-0.3, -0.25) is 9.78 Å². The maximum atomic E-state index is 13.1. The normalized spacial score (nSPS) is 13.7. The van der Waals surface area contributed by atoms with Gasteiger partial charge < -0.3 is 14.8 Å². The van der Waals surface area contributed by atoms with Crippen LogP contribution in [0.15, 0.2) is 40.9 Å². The maximum absolute atomic E-state index is 13.1. The molecule has 0 bridgehead atoms. The lowest BCUT2D eigenvalue weighted by molar-refractivity contribution is -0.206. The van der Waals surface area contributed by atoms with Gasteiger partial charge in [0.05, 0.1) is 5.69 Å². The number of rotatable bonds is 5. The van der Waals surface area contributed by atoms with Crippen LogP contribution in [0.1, 0.15) is 52.3 Å². The summed E-state index contributed by atoms with van der Waals surface area (Å²) in [6.07, 6.45) is -6.07. The van der Waals surface area contributed by atoms with Crippen LogP contribution in [0.3, 0.4) is 0 Å². The minimum absolute atomic E-state index is 0.0729. The Morgan fingerprint density at radius 2 is 1.90 bits per heavy atom. The van der Waals surface area contributed by atoms with E-state index in [1.807, 2.05) is 6.92 Å². The molecule has 2 atom stereocenters. The number of nitrogens with zero attached hydrogens (tertiary/aromatic N) is 3. The van der Waals surface area contributed by atoms with Gasteiger partial charge in [0.15, 0.2) is 6.10 Å². The SMILES string of the molecule is Cc1ccc(-c2cc(C(=O)N[C@H](C)c3nnc(C)o3)cc(C(O)C(F)(F)F)c2)nc1. The molecule has 0 aliphatic rings. The van der Waals surface area contributed by atoms with Crippen molar-refractivity contribution in [1.29, 1.82) is 0 Å². The first-order valence-corrected chi connectivity index (χ1v) is 8.98. The number of aliphatic hydroxyl groups excluding tert-OH is 1. The summed E-state index contributed by atoms with van der Waals surface area (Å²) in [6.45, 7) is 5.01. The molecule has 0 spiro atoms. The Balaban J connectivity index is 1.98. The Morgan fingerprint density at radius 1 is 1.17 bits per heavy atom. The molecule has 0 aliphatic carbocycles. The van der Waals surface area contributed by atoms with Crippen molar-refractivity contribution in [3.63, 3.8) is 0 Å². The van der Waals surface area contributed by atoms with E-state index in [0.717, 1.165) is 17.7 Å². The second-order valence-electron chi connectivity index (χ2n) is 6.86. The second-order valence-corrected chi connectivity index (χ2v) is 6.86. The van der Waals surface area contributed by atoms with Crippen molar-refractivity contribution < 1.29 is 27.5 Å². The van der Waals surface area contributed by atoms with Crippen LogP contribution in [0, 0.1) is 13.8 Å². The number of amides is 1. The van der Waals surface area contributed by atoms with Crippen LogP contribution in [0.25, 0.3) is 11.3 Å². The number of hydrogen-bond donors (Lipinski definition) is 2. The quantitative estimate of drug-likeness (QED) is 0.651. The fourth-order valence-corrected chi connectivity index (χ4v) is 2.74. The molecular weight excluding hydrogens is 401 g/mol. The zero-order valence-electron chi connectivity index (χ0n) is 16.4. The first kappa shape index (κ1) is 21.4. The number of nitrogens with one attached hydrogen (secondary N) is 1. The predicted molar refractivity (Wildman–Crippen MR) is 100 cm³/mol. The van der Waals surface area contributed by atoms with Crippen LogP contribution >= 0.6 is 0 Å². The summed E-state index contributed by atoms with van der Waals surface area (Å²) in [4.78, 5) is 16.9. The van der Waals surface area contributed by atoms with Crippen molar-refractivity contribution in [2.45, 2.75) is 39.1 Å². The topological polar surface area (TPSA) is 101 Å². The highest BCUT2D eigenvalue weighted by atomic mass is 19.4. The second kappa shape index (κ2) is 8.23. The Kier molecular flexibility index (Phi) is 5.88. The van der Waals surface area contributed by atoms with E-state index in [-0.39, 0.29) is 17.0 Å². The highest BCUT2D eigenvalue weighted by Crippen LogP contribution is 2.35. The number of alkyl halides is 3. The molecule has 0 radical (unpaired) electrons. The maximum Gasteiger partial charge on any atom is 0.418 e. The lowest BCUT2D eigenvalue weighted by Gasteiger charge is -2.18. The van der Waals surface area contributed by atoms with E-state index in [1.165, 1.54) is 6.07 Å². The molecule has 2 aromatic heterocycles. The van der Waals surface area contributed by atoms with E-state index in [2.05, 4.69) is 20.5 Å². The average molecular weight is 420 g/mol. The molecule has 1 unspecified atom stereocenters. The van der Waals surface area contributed by atoms with Crippen LogP contribution in [0.5, 0.6) is 0 Å². The van der Waals surface area contributed by atoms with Crippen LogP contribution < -0.4 is 5.32 Å². The fourth-order valence-electron chi connectivity index (χ4n) is 2.74. The molecule has 10 heteroatoms. The molecule has 1 aromatic carbocycles. The van der Waals surface area contributed by atoms with Crippen LogP contribution in [-0.2, 0) is 0 Å². The smallest absolute Gasteiger partial charge is 0.418 e. The number of carbonyl (C=O) groups is 1. The van der Waals surface area contributed by atoms with Gasteiger partial charge in [0.1, 0.15) is 6.04 Å². The third-order valence-electron chi connectivity index (χ3n) is 4.31. The summed E-state index contributed by atoms with van der Waals surface area (Å²) in [5.41, 5.74) is 0.964. The van der Waals surface area contributed by atoms with E-state index < -0.39 is 29.8 Å². The van der Waals surface area contributed by atoms with E-state index in [0.29, 0.717) is 11.6 Å². The zero-order chi connectivity index (χ0) is 22.1. The van der Waals surface area contributed by atoms with Crippen LogP contribution in [0.2, 0.25) is 0 Å². The first-order valence-electron chi connectivity index (χ1n) is 8.98. The third kappa shape index (κ3) is 4.82. The number of carbonyl (C=O) groups excluding carboxylic acids is 1. The first-order chi connectivity index (χ1) is 14.0. The monoisotopic (exact) mass is 420 g/mol. The summed E-state index contributed by atoms with van der Waals surface area (Å²) < 4.78 is 44.5. The van der Waals surface area contributed by atoms with Crippen LogP contribution in [-0.4, -0.2) is 32.4 Å². The molecule has 1 amide bonds. The molecule has 0 saturated heterocycles. The Hall–Kier alpha value is -3.27. The number of aromatic nitrogens is 3. The summed E-state index contributed by atoms with van der Waals surface area (Å²) in [7, 11) is 0. The molecule has 0 aliphatic heterocycles. The molecule has 7 nitrogen and oxygen atoms in total. The van der Waals surface area contributed by atoms with Gasteiger partial charge in [0.25, 0.3) is 5.91 Å². The number of pyridine rings is 1. The van der Waals surface area contributed by atoms with Crippen molar-refractivity contribution in [1.82, 2.24) is 20.5 Å². The van der Waals surface area contributed by atoms with Gasteiger partial charge in [0.2, 0.25) is 11.8 Å². The van der Waals surface area contributed by atoms with E-state index in [4.69, 9.17) is 4.42 Å². The molecule has 0 fully saturated rings. The zero-order valence-corrected chi connectivity index (χ0v) is 16.4. The molecule has 3 rings (SSSR count). The number of hydrogen-bond acceptors (Lipinski definition) is 6. The van der Waals surface area contributed by atoms with E-state index in [9.17, 15) is 23.1 Å². The summed E-state index contributed by atoms with van der Waals surface area (Å²) in [6, 6.07) is 6.27. The van der Waals surface area contributed by atoms with Gasteiger partial charge in [-0.05, 0) is 49.2 Å². The summed E-state index contributed by atoms with van der Waals surface area (Å²) >= 11 is 0. The van der Waals surface area contributed by atoms with Crippen molar-refractivity contribution in [2.75, 3.05) is 0 Å². The molecular formula is C20H19F3N4O3. The van der Waals surface area contributed by atoms with Gasteiger partial charge in [-0.1, -0.05) is 6.07 Å². The molecule has 0 saturated carbocycles. The molecule has 3 aromatic rings. The van der Waals surface area contributed by atoms with Crippen molar-refractivity contribution >= 4 is 5.91 Å². The highest BCUT2D eigenvalue weighted by molar-refractivity contribution is 5.95. The van der Waals surface area contributed by atoms with E-state index >= 15 is 0 Å². The Bertz CT molecular complexity index is 1050. The molecule has 2 N–H and O–H groups in total. The molecule has 2 heterocycles. The highest BCUT2D eigenvalue weighted by Gasteiger charge is 2.40. The van der Waals surface area contributed by atoms with Gasteiger partial charge in [-0.25, -0.2) is 0 Å². The van der Waals surface area contributed by atoms with Gasteiger partial charge in [0, 0.05) is 24.2 Å². The lowest BCUT2D eigenvalue weighted by Crippen LogP contribution is -2.27. The predicted octanol–water partition coefficient (Wildman–Crippen LogP) is 3.84. The number of benzene rings is 1. The minimum Gasteiger partial charge on any atom is -0.423 e.